The molecule has 0 aliphatic carbocycles. The molecule has 1 aromatic carbocycles. The third-order valence-corrected chi connectivity index (χ3v) is 3.24. The van der Waals surface area contributed by atoms with Crippen molar-refractivity contribution in [1.29, 1.82) is 0 Å². The Hall–Kier alpha value is -1.32. The van der Waals surface area contributed by atoms with Crippen molar-refractivity contribution < 1.29 is 5.11 Å². The number of benzene rings is 1. The third-order valence-electron chi connectivity index (χ3n) is 3.24. The smallest absolute Gasteiger partial charge is 0.120 e. The molecule has 1 N–H and O–H groups in total. The predicted octanol–water partition coefficient (Wildman–Crippen LogP) is 1.70. The first-order valence-corrected chi connectivity index (χ1v) is 6.12. The number of hydrogen-bond acceptors (Lipinski definition) is 3. The van der Waals surface area contributed by atoms with Gasteiger partial charge in [0.1, 0.15) is 5.75 Å². The first-order chi connectivity index (χ1) is 8.29. The van der Waals surface area contributed by atoms with Crippen molar-refractivity contribution in [2.45, 2.75) is 6.54 Å². The summed E-state index contributed by atoms with van der Waals surface area (Å²) in [6.45, 7) is 9.86. The van der Waals surface area contributed by atoms with E-state index in [1.54, 1.807) is 6.07 Å². The quantitative estimate of drug-likeness (QED) is 0.800. The number of phenolic OH excluding ortho intramolecular Hbond substituents is 1. The summed E-state index contributed by atoms with van der Waals surface area (Å²) in [6, 6.07) is 7.58. The lowest BCUT2D eigenvalue weighted by molar-refractivity contribution is 0.136. The third kappa shape index (κ3) is 3.32. The zero-order valence-electron chi connectivity index (χ0n) is 10.2. The minimum absolute atomic E-state index is 0.404. The second-order valence-electron chi connectivity index (χ2n) is 4.49. The molecule has 92 valence electrons. The van der Waals surface area contributed by atoms with E-state index in [2.05, 4.69) is 16.4 Å². The first-order valence-electron chi connectivity index (χ1n) is 6.12. The lowest BCUT2D eigenvalue weighted by Crippen LogP contribution is -2.45. The van der Waals surface area contributed by atoms with Crippen molar-refractivity contribution in [3.05, 3.63) is 42.5 Å². The van der Waals surface area contributed by atoms with Crippen LogP contribution in [0.15, 0.2) is 36.9 Å². The van der Waals surface area contributed by atoms with Crippen LogP contribution in [0.4, 0.5) is 0 Å². The van der Waals surface area contributed by atoms with E-state index in [0.29, 0.717) is 5.75 Å². The van der Waals surface area contributed by atoms with E-state index < -0.39 is 0 Å². The molecule has 3 nitrogen and oxygen atoms in total. The topological polar surface area (TPSA) is 26.7 Å². The lowest BCUT2D eigenvalue weighted by atomic mass is 10.1. The van der Waals surface area contributed by atoms with Crippen LogP contribution < -0.4 is 0 Å². The zero-order valence-corrected chi connectivity index (χ0v) is 10.2. The maximum absolute atomic E-state index is 9.73. The Morgan fingerprint density at radius 3 is 2.41 bits per heavy atom. The number of nitrogens with zero attached hydrogens (tertiary/aromatic N) is 2. The van der Waals surface area contributed by atoms with Gasteiger partial charge in [-0.25, -0.2) is 0 Å². The fraction of sp³-hybridized carbons (Fsp3) is 0.429. The largest absolute Gasteiger partial charge is 0.508 e. The second kappa shape index (κ2) is 5.84. The van der Waals surface area contributed by atoms with Gasteiger partial charge in [0.2, 0.25) is 0 Å². The summed E-state index contributed by atoms with van der Waals surface area (Å²) in [6.07, 6.45) is 1.96. The highest BCUT2D eigenvalue weighted by Gasteiger charge is 2.16. The molecule has 1 saturated heterocycles. The maximum Gasteiger partial charge on any atom is 0.120 e. The van der Waals surface area contributed by atoms with Gasteiger partial charge in [-0.2, -0.15) is 0 Å². The van der Waals surface area contributed by atoms with Crippen molar-refractivity contribution >= 4 is 0 Å². The number of piperazine rings is 1. The Morgan fingerprint density at radius 2 is 1.76 bits per heavy atom. The Bertz CT molecular complexity index is 370. The molecule has 1 fully saturated rings. The fourth-order valence-corrected chi connectivity index (χ4v) is 2.20. The van der Waals surface area contributed by atoms with Gasteiger partial charge in [0, 0.05) is 44.8 Å². The molecule has 0 radical (unpaired) electrons. The Labute approximate surface area is 103 Å². The summed E-state index contributed by atoms with van der Waals surface area (Å²) >= 11 is 0. The number of aromatic hydroxyl groups is 1. The number of para-hydroxylation sites is 1. The summed E-state index contributed by atoms with van der Waals surface area (Å²) in [5.41, 5.74) is 1.02. The molecule has 17 heavy (non-hydrogen) atoms. The second-order valence-corrected chi connectivity index (χ2v) is 4.49. The van der Waals surface area contributed by atoms with E-state index in [1.807, 2.05) is 24.3 Å². The van der Waals surface area contributed by atoms with Crippen LogP contribution in [0.2, 0.25) is 0 Å². The SMILES string of the molecule is C=CCN1CCN(Cc2ccccc2O)CC1. The van der Waals surface area contributed by atoms with Crippen LogP contribution in [0.5, 0.6) is 5.75 Å². The van der Waals surface area contributed by atoms with Crippen LogP contribution in [0.25, 0.3) is 0 Å². The van der Waals surface area contributed by atoms with Gasteiger partial charge in [0.25, 0.3) is 0 Å². The van der Waals surface area contributed by atoms with E-state index in [1.165, 1.54) is 0 Å². The molecule has 3 heteroatoms. The van der Waals surface area contributed by atoms with Gasteiger partial charge >= 0.3 is 0 Å². The molecule has 0 atom stereocenters. The molecule has 1 aliphatic rings. The molecule has 0 amide bonds. The van der Waals surface area contributed by atoms with Crippen LogP contribution >= 0.6 is 0 Å². The van der Waals surface area contributed by atoms with E-state index in [-0.39, 0.29) is 0 Å². The lowest BCUT2D eigenvalue weighted by Gasteiger charge is -2.34. The summed E-state index contributed by atoms with van der Waals surface area (Å²) in [5.74, 6) is 0.404. The van der Waals surface area contributed by atoms with E-state index >= 15 is 0 Å². The predicted molar refractivity (Wildman–Crippen MR) is 70.0 cm³/mol. The van der Waals surface area contributed by atoms with Gasteiger partial charge in [-0.3, -0.25) is 9.80 Å². The highest BCUT2D eigenvalue weighted by Crippen LogP contribution is 2.18. The van der Waals surface area contributed by atoms with Crippen LogP contribution in [-0.4, -0.2) is 47.6 Å². The number of hydrogen-bond donors (Lipinski definition) is 1. The van der Waals surface area contributed by atoms with Gasteiger partial charge in [0.15, 0.2) is 0 Å². The van der Waals surface area contributed by atoms with Gasteiger partial charge < -0.3 is 5.11 Å². The number of phenols is 1. The van der Waals surface area contributed by atoms with Crippen molar-refractivity contribution in [3.63, 3.8) is 0 Å². The molecule has 1 aliphatic heterocycles. The molecule has 0 saturated carbocycles. The average molecular weight is 232 g/mol. The van der Waals surface area contributed by atoms with Gasteiger partial charge in [-0.1, -0.05) is 24.3 Å². The Morgan fingerprint density at radius 1 is 1.12 bits per heavy atom. The first kappa shape index (κ1) is 12.1. The van der Waals surface area contributed by atoms with Crippen molar-refractivity contribution in [2.24, 2.45) is 0 Å². The molecule has 0 aromatic heterocycles. The molecule has 1 heterocycles. The fourth-order valence-electron chi connectivity index (χ4n) is 2.20. The minimum atomic E-state index is 0.404. The normalized spacial score (nSPS) is 18.1. The molecule has 2 rings (SSSR count). The standard InChI is InChI=1S/C14H20N2O/c1-2-7-15-8-10-16(11-9-15)12-13-5-3-4-6-14(13)17/h2-6,17H,1,7-12H2. The highest BCUT2D eigenvalue weighted by molar-refractivity contribution is 5.31. The van der Waals surface area contributed by atoms with Gasteiger partial charge in [0.05, 0.1) is 0 Å². The molecule has 0 unspecified atom stereocenters. The summed E-state index contributed by atoms with van der Waals surface area (Å²) in [4.78, 5) is 4.78. The zero-order chi connectivity index (χ0) is 12.1. The molecular formula is C14H20N2O. The van der Waals surface area contributed by atoms with Crippen molar-refractivity contribution in [2.75, 3.05) is 32.7 Å². The molecule has 0 bridgehead atoms. The maximum atomic E-state index is 9.73. The monoisotopic (exact) mass is 232 g/mol. The average Bonchev–Trinajstić information content (AvgIpc) is 2.35. The van der Waals surface area contributed by atoms with Gasteiger partial charge in [-0.05, 0) is 6.07 Å². The van der Waals surface area contributed by atoms with Crippen molar-refractivity contribution in [3.8, 4) is 5.75 Å². The van der Waals surface area contributed by atoms with E-state index in [4.69, 9.17) is 0 Å². The molecular weight excluding hydrogens is 212 g/mol. The Kier molecular flexibility index (Phi) is 4.18. The van der Waals surface area contributed by atoms with E-state index in [0.717, 1.165) is 44.8 Å². The van der Waals surface area contributed by atoms with Crippen LogP contribution in [-0.2, 0) is 6.54 Å². The molecule has 0 spiro atoms. The van der Waals surface area contributed by atoms with Crippen molar-refractivity contribution in [1.82, 2.24) is 9.80 Å². The highest BCUT2D eigenvalue weighted by atomic mass is 16.3. The minimum Gasteiger partial charge on any atom is -0.508 e. The number of rotatable bonds is 4. The van der Waals surface area contributed by atoms with Gasteiger partial charge in [-0.15, -0.1) is 6.58 Å². The summed E-state index contributed by atoms with van der Waals surface area (Å²) < 4.78 is 0. The molecule has 1 aromatic rings. The Balaban J connectivity index is 1.86. The van der Waals surface area contributed by atoms with Crippen LogP contribution in [0.3, 0.4) is 0 Å². The summed E-state index contributed by atoms with van der Waals surface area (Å²) in [7, 11) is 0. The van der Waals surface area contributed by atoms with Crippen LogP contribution in [0.1, 0.15) is 5.56 Å². The summed E-state index contributed by atoms with van der Waals surface area (Å²) in [5, 5.41) is 9.73. The van der Waals surface area contributed by atoms with Crippen LogP contribution in [0, 0.1) is 0 Å². The van der Waals surface area contributed by atoms with E-state index in [9.17, 15) is 5.11 Å².